The highest BCUT2D eigenvalue weighted by Gasteiger charge is 2.01. The van der Waals surface area contributed by atoms with E-state index >= 15 is 0 Å². The molecule has 0 aromatic rings. The van der Waals surface area contributed by atoms with E-state index in [-0.39, 0.29) is 29.0 Å². The molecule has 0 aromatic heterocycles. The Kier molecular flexibility index (Phi) is 51.8. The second-order valence-electron chi connectivity index (χ2n) is 14.7. The molecule has 3 N–H and O–H groups in total. The number of esters is 1. The summed E-state index contributed by atoms with van der Waals surface area (Å²) in [6, 6.07) is 0. The van der Waals surface area contributed by atoms with E-state index in [9.17, 15) is 19.2 Å². The summed E-state index contributed by atoms with van der Waals surface area (Å²) in [5.41, 5.74) is 0. The molecule has 12 heteroatoms. The standard InChI is InChI=1S/4C10H20O2S/c3*1-9(2)6-4-3-5-7-13-8-10(11)12;1-9(2)6-4-3-5-7-12-10(11)8-13/h3*9H,3-8H2,1-2H3,(H,11,12);9,13H,3-8H2,1-2H3. The number of unbranched alkanes of at least 4 members (excludes halogenated alkanes) is 8. The van der Waals surface area contributed by atoms with Crippen LogP contribution in [0, 0.1) is 23.7 Å². The van der Waals surface area contributed by atoms with Crippen molar-refractivity contribution in [1.82, 2.24) is 0 Å². The molecular weight excluding hydrogens is 737 g/mol. The lowest BCUT2D eigenvalue weighted by molar-refractivity contribution is -0.140. The molecule has 0 unspecified atom stereocenters. The first-order valence-corrected chi connectivity index (χ1v) is 23.8. The minimum absolute atomic E-state index is 0.187. The molecule has 0 fully saturated rings. The number of hydrogen-bond donors (Lipinski definition) is 4. The second-order valence-corrected chi connectivity index (χ2v) is 18.3. The molecule has 8 nitrogen and oxygen atoms in total. The number of thiol groups is 1. The number of carboxylic acids is 3. The minimum atomic E-state index is -0.702. The Morgan fingerprint density at radius 2 is 0.731 bits per heavy atom. The fraction of sp³-hybridized carbons (Fsp3) is 0.900. The van der Waals surface area contributed by atoms with Crippen molar-refractivity contribution in [3.8, 4) is 0 Å². The molecule has 0 bridgehead atoms. The Hall–Kier alpha value is -0.720. The predicted molar refractivity (Wildman–Crippen MR) is 233 cm³/mol. The van der Waals surface area contributed by atoms with Gasteiger partial charge < -0.3 is 20.1 Å². The average molecular weight is 817 g/mol. The Balaban J connectivity index is -0.000000295. The minimum Gasteiger partial charge on any atom is -0.481 e. The van der Waals surface area contributed by atoms with E-state index in [1.165, 1.54) is 106 Å². The number of thioether (sulfide) groups is 3. The van der Waals surface area contributed by atoms with Crippen molar-refractivity contribution in [3.63, 3.8) is 0 Å². The van der Waals surface area contributed by atoms with Crippen LogP contribution in [0.4, 0.5) is 0 Å². The van der Waals surface area contributed by atoms with Gasteiger partial charge in [-0.3, -0.25) is 19.2 Å². The number of hydrogen-bond acceptors (Lipinski definition) is 9. The molecular formula is C40H80O8S4. The third-order valence-electron chi connectivity index (χ3n) is 7.21. The van der Waals surface area contributed by atoms with Crippen molar-refractivity contribution in [2.75, 3.05) is 46.9 Å². The molecule has 0 rings (SSSR count). The maximum atomic E-state index is 10.7. The van der Waals surface area contributed by atoms with E-state index in [4.69, 9.17) is 20.1 Å². The summed E-state index contributed by atoms with van der Waals surface area (Å²) >= 11 is 8.37. The SMILES string of the molecule is CC(C)CCCCCOC(=O)CS.CC(C)CCCCCSCC(=O)O.CC(C)CCCCCSCC(=O)O.CC(C)CCCCCSCC(=O)O. The Labute approximate surface area is 338 Å². The monoisotopic (exact) mass is 816 g/mol. The van der Waals surface area contributed by atoms with Gasteiger partial charge in [0.25, 0.3) is 0 Å². The summed E-state index contributed by atoms with van der Waals surface area (Å²) in [4.78, 5) is 41.1. The molecule has 0 aliphatic rings. The van der Waals surface area contributed by atoms with E-state index in [0.29, 0.717) is 6.61 Å². The van der Waals surface area contributed by atoms with Crippen molar-refractivity contribution in [3.05, 3.63) is 0 Å². The fourth-order valence-corrected chi connectivity index (χ4v) is 6.61. The number of ether oxygens (including phenoxy) is 1. The van der Waals surface area contributed by atoms with E-state index in [2.05, 4.69) is 68.0 Å². The number of carbonyl (C=O) groups is 4. The number of rotatable bonds is 31. The van der Waals surface area contributed by atoms with Gasteiger partial charge in [0.05, 0.1) is 29.6 Å². The van der Waals surface area contributed by atoms with Gasteiger partial charge in [-0.25, -0.2) is 0 Å². The van der Waals surface area contributed by atoms with Crippen LogP contribution < -0.4 is 0 Å². The molecule has 52 heavy (non-hydrogen) atoms. The summed E-state index contributed by atoms with van der Waals surface area (Å²) < 4.78 is 4.88. The van der Waals surface area contributed by atoms with Crippen molar-refractivity contribution < 1.29 is 39.2 Å². The van der Waals surface area contributed by atoms with Gasteiger partial charge in [0.15, 0.2) is 0 Å². The van der Waals surface area contributed by atoms with Gasteiger partial charge in [0.1, 0.15) is 0 Å². The lowest BCUT2D eigenvalue weighted by Crippen LogP contribution is -2.06. The van der Waals surface area contributed by atoms with Gasteiger partial charge in [-0.05, 0) is 66.6 Å². The number of aliphatic carboxylic acids is 3. The van der Waals surface area contributed by atoms with Crippen LogP contribution in [-0.2, 0) is 23.9 Å². The molecule has 0 saturated carbocycles. The van der Waals surface area contributed by atoms with Crippen molar-refractivity contribution in [1.29, 1.82) is 0 Å². The van der Waals surface area contributed by atoms with Crippen LogP contribution >= 0.6 is 47.9 Å². The second kappa shape index (κ2) is 46.4. The molecule has 0 aromatic carbocycles. The zero-order valence-electron chi connectivity index (χ0n) is 34.3. The van der Waals surface area contributed by atoms with Gasteiger partial charge in [-0.2, -0.15) is 47.9 Å². The van der Waals surface area contributed by atoms with Gasteiger partial charge in [-0.15, -0.1) is 0 Å². The van der Waals surface area contributed by atoms with E-state index < -0.39 is 17.9 Å². The fourth-order valence-electron chi connectivity index (χ4n) is 4.34. The molecule has 0 aliphatic heterocycles. The summed E-state index contributed by atoms with van der Waals surface area (Å²) in [6.07, 6.45) is 19.6. The van der Waals surface area contributed by atoms with Crippen LogP contribution in [0.2, 0.25) is 0 Å². The van der Waals surface area contributed by atoms with Gasteiger partial charge >= 0.3 is 23.9 Å². The maximum absolute atomic E-state index is 10.7. The summed E-state index contributed by atoms with van der Waals surface area (Å²) in [6.45, 7) is 18.4. The number of carboxylic acid groups (broad SMARTS) is 3. The Morgan fingerprint density at radius 3 is 0.962 bits per heavy atom. The average Bonchev–Trinajstić information content (AvgIpc) is 3.05. The van der Waals surface area contributed by atoms with Crippen LogP contribution in [-0.4, -0.2) is 86.1 Å². The quantitative estimate of drug-likeness (QED) is 0.0302. The summed E-state index contributed by atoms with van der Waals surface area (Å²) in [7, 11) is 0. The van der Waals surface area contributed by atoms with Crippen molar-refractivity contribution in [2.24, 2.45) is 23.7 Å². The Morgan fingerprint density at radius 1 is 0.462 bits per heavy atom. The van der Waals surface area contributed by atoms with E-state index in [1.54, 1.807) is 0 Å². The van der Waals surface area contributed by atoms with Crippen molar-refractivity contribution >= 4 is 71.8 Å². The molecule has 312 valence electrons. The van der Waals surface area contributed by atoms with Crippen molar-refractivity contribution in [2.45, 2.75) is 158 Å². The van der Waals surface area contributed by atoms with Crippen LogP contribution in [0.15, 0.2) is 0 Å². The Bertz CT molecular complexity index is 719. The van der Waals surface area contributed by atoms with Crippen LogP contribution in [0.5, 0.6) is 0 Å². The molecule has 0 radical (unpaired) electrons. The maximum Gasteiger partial charge on any atom is 0.315 e. The molecule has 0 heterocycles. The van der Waals surface area contributed by atoms with Gasteiger partial charge in [0.2, 0.25) is 0 Å². The molecule has 0 saturated heterocycles. The van der Waals surface area contributed by atoms with E-state index in [1.807, 2.05) is 0 Å². The normalized spacial score (nSPS) is 10.6. The van der Waals surface area contributed by atoms with Gasteiger partial charge in [-0.1, -0.05) is 132 Å². The molecule has 0 amide bonds. The largest absolute Gasteiger partial charge is 0.481 e. The molecule has 0 aliphatic carbocycles. The highest BCUT2D eigenvalue weighted by Crippen LogP contribution is 2.13. The lowest BCUT2D eigenvalue weighted by Gasteiger charge is -2.04. The molecule has 0 spiro atoms. The third kappa shape index (κ3) is 70.8. The lowest BCUT2D eigenvalue weighted by atomic mass is 10.1. The first-order valence-electron chi connectivity index (χ1n) is 19.7. The predicted octanol–water partition coefficient (Wildman–Crippen LogP) is 11.7. The zero-order valence-corrected chi connectivity index (χ0v) is 37.7. The van der Waals surface area contributed by atoms with Gasteiger partial charge in [0, 0.05) is 0 Å². The highest BCUT2D eigenvalue weighted by molar-refractivity contribution is 8.00. The molecule has 0 atom stereocenters. The smallest absolute Gasteiger partial charge is 0.315 e. The van der Waals surface area contributed by atoms with Crippen LogP contribution in [0.3, 0.4) is 0 Å². The van der Waals surface area contributed by atoms with Crippen LogP contribution in [0.25, 0.3) is 0 Å². The first-order chi connectivity index (χ1) is 24.5. The topological polar surface area (TPSA) is 138 Å². The van der Waals surface area contributed by atoms with Crippen LogP contribution in [0.1, 0.15) is 158 Å². The highest BCUT2D eigenvalue weighted by atomic mass is 32.2. The summed E-state index contributed by atoms with van der Waals surface area (Å²) in [5.74, 6) is 4.77. The number of carbonyl (C=O) groups excluding carboxylic acids is 1. The van der Waals surface area contributed by atoms with E-state index in [0.717, 1.165) is 73.0 Å². The third-order valence-corrected chi connectivity index (χ3v) is 10.5. The summed E-state index contributed by atoms with van der Waals surface area (Å²) in [5, 5.41) is 25.1. The zero-order chi connectivity index (χ0) is 40.4. The first kappa shape index (κ1) is 58.0.